The summed E-state index contributed by atoms with van der Waals surface area (Å²) in [6, 6.07) is 19.4. The fraction of sp³-hybridized carbons (Fsp3) is 0.167. The van der Waals surface area contributed by atoms with Crippen LogP contribution in [-0.2, 0) is 0 Å². The third kappa shape index (κ3) is 3.31. The number of halogens is 2. The van der Waals surface area contributed by atoms with E-state index in [9.17, 15) is 9.18 Å². The van der Waals surface area contributed by atoms with Crippen molar-refractivity contribution < 1.29 is 13.9 Å². The standard InChI is InChI=1S/C24H18BrFN2O2/c1-14-2-4-15(5-3-14)20-13-21-19-12-17(25)8-11-22(19)30-24(28(21)27-20)23(29)16-6-9-18(26)10-7-16/h2-12,21,24H,13H2,1H3/t21-,24-/m1/s1. The van der Waals surface area contributed by atoms with E-state index in [0.717, 1.165) is 21.3 Å². The summed E-state index contributed by atoms with van der Waals surface area (Å²) in [6.07, 6.45) is -0.236. The van der Waals surface area contributed by atoms with Crippen molar-refractivity contribution in [1.82, 2.24) is 5.01 Å². The molecule has 3 aromatic rings. The quantitative estimate of drug-likeness (QED) is 0.470. The first kappa shape index (κ1) is 19.0. The van der Waals surface area contributed by atoms with Crippen molar-refractivity contribution in [3.63, 3.8) is 0 Å². The van der Waals surface area contributed by atoms with Gasteiger partial charge in [-0.05, 0) is 55.0 Å². The van der Waals surface area contributed by atoms with Crippen molar-refractivity contribution in [2.24, 2.45) is 5.10 Å². The van der Waals surface area contributed by atoms with E-state index in [4.69, 9.17) is 9.84 Å². The summed E-state index contributed by atoms with van der Waals surface area (Å²) >= 11 is 3.53. The van der Waals surface area contributed by atoms with Crippen molar-refractivity contribution in [3.8, 4) is 5.75 Å². The molecule has 2 atom stereocenters. The number of aryl methyl sites for hydroxylation is 1. The molecule has 0 bridgehead atoms. The van der Waals surface area contributed by atoms with Gasteiger partial charge < -0.3 is 4.74 Å². The summed E-state index contributed by atoms with van der Waals surface area (Å²) in [5, 5.41) is 6.54. The molecule has 0 amide bonds. The molecule has 4 nitrogen and oxygen atoms in total. The second-order valence-electron chi connectivity index (χ2n) is 7.54. The molecule has 0 aromatic heterocycles. The van der Waals surface area contributed by atoms with Gasteiger partial charge in [-0.3, -0.25) is 4.79 Å². The summed E-state index contributed by atoms with van der Waals surface area (Å²) in [5.74, 6) is 0.0350. The molecule has 0 fully saturated rings. The highest BCUT2D eigenvalue weighted by Crippen LogP contribution is 2.44. The number of Topliss-reactive ketones (excluding diaryl/α,β-unsaturated/α-hetero) is 1. The van der Waals surface area contributed by atoms with Crippen LogP contribution in [0.3, 0.4) is 0 Å². The number of hydrazone groups is 1. The van der Waals surface area contributed by atoms with Crippen LogP contribution >= 0.6 is 15.9 Å². The number of benzene rings is 3. The Morgan fingerprint density at radius 1 is 1.10 bits per heavy atom. The fourth-order valence-electron chi connectivity index (χ4n) is 3.91. The Bertz CT molecular complexity index is 1160. The lowest BCUT2D eigenvalue weighted by Crippen LogP contribution is -2.45. The minimum Gasteiger partial charge on any atom is -0.461 e. The van der Waals surface area contributed by atoms with Gasteiger partial charge in [0.2, 0.25) is 5.78 Å². The molecule has 2 heterocycles. The third-order valence-electron chi connectivity index (χ3n) is 5.49. The number of rotatable bonds is 3. The molecule has 150 valence electrons. The zero-order valence-electron chi connectivity index (χ0n) is 16.2. The molecule has 0 aliphatic carbocycles. The highest BCUT2D eigenvalue weighted by Gasteiger charge is 2.43. The maximum absolute atomic E-state index is 13.3. The molecule has 5 rings (SSSR count). The van der Waals surface area contributed by atoms with E-state index in [0.29, 0.717) is 17.7 Å². The van der Waals surface area contributed by atoms with E-state index in [-0.39, 0.29) is 17.6 Å². The molecular formula is C24H18BrFN2O2. The van der Waals surface area contributed by atoms with Crippen molar-refractivity contribution in [2.45, 2.75) is 25.6 Å². The molecule has 0 unspecified atom stereocenters. The topological polar surface area (TPSA) is 41.9 Å². The Balaban J connectivity index is 1.57. The minimum absolute atomic E-state index is 0.114. The highest BCUT2D eigenvalue weighted by atomic mass is 79.9. The van der Waals surface area contributed by atoms with Crippen molar-refractivity contribution in [1.29, 1.82) is 0 Å². The van der Waals surface area contributed by atoms with Gasteiger partial charge in [0.1, 0.15) is 11.6 Å². The molecule has 6 heteroatoms. The van der Waals surface area contributed by atoms with E-state index in [1.807, 2.05) is 37.3 Å². The van der Waals surface area contributed by atoms with Crippen LogP contribution in [0.1, 0.15) is 39.5 Å². The monoisotopic (exact) mass is 464 g/mol. The van der Waals surface area contributed by atoms with E-state index in [1.165, 1.54) is 29.8 Å². The van der Waals surface area contributed by atoms with Crippen LogP contribution in [0.15, 0.2) is 76.3 Å². The van der Waals surface area contributed by atoms with E-state index in [2.05, 4.69) is 28.1 Å². The number of ketones is 1. The van der Waals surface area contributed by atoms with Crippen LogP contribution in [0.5, 0.6) is 5.75 Å². The van der Waals surface area contributed by atoms with E-state index in [1.54, 1.807) is 5.01 Å². The Morgan fingerprint density at radius 3 is 2.57 bits per heavy atom. The Labute approximate surface area is 182 Å². The second-order valence-corrected chi connectivity index (χ2v) is 8.45. The summed E-state index contributed by atoms with van der Waals surface area (Å²) in [5.41, 5.74) is 4.49. The van der Waals surface area contributed by atoms with Crippen LogP contribution in [0.25, 0.3) is 0 Å². The average Bonchev–Trinajstić information content (AvgIpc) is 3.19. The lowest BCUT2D eigenvalue weighted by atomic mass is 9.95. The summed E-state index contributed by atoms with van der Waals surface area (Å²) in [4.78, 5) is 13.3. The van der Waals surface area contributed by atoms with Gasteiger partial charge in [0.25, 0.3) is 6.23 Å². The van der Waals surface area contributed by atoms with Gasteiger partial charge in [-0.25, -0.2) is 9.40 Å². The molecule has 0 radical (unpaired) electrons. The maximum Gasteiger partial charge on any atom is 0.251 e. The van der Waals surface area contributed by atoms with Crippen LogP contribution < -0.4 is 4.74 Å². The highest BCUT2D eigenvalue weighted by molar-refractivity contribution is 9.10. The number of fused-ring (bicyclic) bond motifs is 3. The van der Waals surface area contributed by atoms with Crippen LogP contribution in [-0.4, -0.2) is 22.7 Å². The molecule has 2 aliphatic heterocycles. The summed E-state index contributed by atoms with van der Waals surface area (Å²) < 4.78 is 20.4. The van der Waals surface area contributed by atoms with Gasteiger partial charge in [-0.1, -0.05) is 45.8 Å². The average molecular weight is 465 g/mol. The van der Waals surface area contributed by atoms with Crippen molar-refractivity contribution >= 4 is 27.4 Å². The summed E-state index contributed by atoms with van der Waals surface area (Å²) in [6.45, 7) is 2.04. The van der Waals surface area contributed by atoms with Crippen molar-refractivity contribution in [3.05, 3.63) is 99.3 Å². The van der Waals surface area contributed by atoms with Gasteiger partial charge in [0, 0.05) is 22.0 Å². The van der Waals surface area contributed by atoms with Gasteiger partial charge in [-0.15, -0.1) is 0 Å². The molecule has 0 saturated carbocycles. The predicted molar refractivity (Wildman–Crippen MR) is 116 cm³/mol. The van der Waals surface area contributed by atoms with Gasteiger partial charge in [0.05, 0.1) is 11.8 Å². The first-order valence-electron chi connectivity index (χ1n) is 9.68. The molecule has 0 N–H and O–H groups in total. The lowest BCUT2D eigenvalue weighted by Gasteiger charge is -2.37. The molecule has 2 aliphatic rings. The number of nitrogens with zero attached hydrogens (tertiary/aromatic N) is 2. The van der Waals surface area contributed by atoms with E-state index >= 15 is 0 Å². The first-order chi connectivity index (χ1) is 14.5. The zero-order chi connectivity index (χ0) is 20.8. The Hall–Kier alpha value is -2.99. The first-order valence-corrected chi connectivity index (χ1v) is 10.5. The van der Waals surface area contributed by atoms with Gasteiger partial charge in [0.15, 0.2) is 0 Å². The Morgan fingerprint density at radius 2 is 1.83 bits per heavy atom. The third-order valence-corrected chi connectivity index (χ3v) is 5.98. The van der Waals surface area contributed by atoms with Crippen molar-refractivity contribution in [2.75, 3.05) is 0 Å². The number of carbonyl (C=O) groups is 1. The van der Waals surface area contributed by atoms with Gasteiger partial charge >= 0.3 is 0 Å². The normalized spacial score (nSPS) is 19.6. The summed E-state index contributed by atoms with van der Waals surface area (Å²) in [7, 11) is 0. The van der Waals surface area contributed by atoms with Crippen LogP contribution in [0.2, 0.25) is 0 Å². The SMILES string of the molecule is Cc1ccc(C2=NN3[C@@H](C(=O)c4ccc(F)cc4)Oc4ccc(Br)cc4[C@H]3C2)cc1. The maximum atomic E-state index is 13.3. The molecule has 30 heavy (non-hydrogen) atoms. The number of hydrogen-bond acceptors (Lipinski definition) is 4. The van der Waals surface area contributed by atoms with Gasteiger partial charge in [-0.2, -0.15) is 5.10 Å². The van der Waals surface area contributed by atoms with Crippen LogP contribution in [0, 0.1) is 12.7 Å². The molecule has 0 spiro atoms. The fourth-order valence-corrected chi connectivity index (χ4v) is 4.29. The van der Waals surface area contributed by atoms with Crippen LogP contribution in [0.4, 0.5) is 4.39 Å². The number of carbonyl (C=O) groups excluding carboxylic acids is 1. The lowest BCUT2D eigenvalue weighted by molar-refractivity contribution is -0.00459. The zero-order valence-corrected chi connectivity index (χ0v) is 17.8. The smallest absolute Gasteiger partial charge is 0.251 e. The molecule has 3 aromatic carbocycles. The predicted octanol–water partition coefficient (Wildman–Crippen LogP) is 5.65. The van der Waals surface area contributed by atoms with E-state index < -0.39 is 6.23 Å². The minimum atomic E-state index is -0.905. The molecular weight excluding hydrogens is 447 g/mol. The molecule has 0 saturated heterocycles. The number of ether oxygens (including phenoxy) is 1. The Kier molecular flexibility index (Phi) is 4.66. The largest absolute Gasteiger partial charge is 0.461 e. The number of hydrogen-bond donors (Lipinski definition) is 0. The second kappa shape index (κ2) is 7.36.